The van der Waals surface area contributed by atoms with Crippen LogP contribution in [-0.2, 0) is 0 Å². The van der Waals surface area contributed by atoms with Crippen LogP contribution in [0.25, 0.3) is 0 Å². The molecular weight excluding hydrogens is 226 g/mol. The summed E-state index contributed by atoms with van der Waals surface area (Å²) >= 11 is 0. The van der Waals surface area contributed by atoms with Crippen LogP contribution in [0.5, 0.6) is 0 Å². The lowest BCUT2D eigenvalue weighted by atomic mass is 10.1. The number of carbonyl (C=O) groups is 1. The maximum absolute atomic E-state index is 13.3. The largest absolute Gasteiger partial charge is 0.342 e. The molecule has 0 unspecified atom stereocenters. The van der Waals surface area contributed by atoms with Gasteiger partial charge in [-0.3, -0.25) is 4.79 Å². The smallest absolute Gasteiger partial charge is 0.256 e. The third kappa shape index (κ3) is 3.47. The van der Waals surface area contributed by atoms with Gasteiger partial charge in [-0.15, -0.1) is 0 Å². The first kappa shape index (κ1) is 13.5. The first-order valence-electron chi connectivity index (χ1n) is 5.49. The van der Waals surface area contributed by atoms with E-state index in [4.69, 9.17) is 0 Å². The van der Waals surface area contributed by atoms with E-state index in [2.05, 4.69) is 4.98 Å². The quantitative estimate of drug-likeness (QED) is 0.760. The van der Waals surface area contributed by atoms with Gasteiger partial charge in [0.2, 0.25) is 5.95 Å². The average molecular weight is 242 g/mol. The summed E-state index contributed by atoms with van der Waals surface area (Å²) in [4.78, 5) is 16.4. The molecule has 1 aromatic rings. The number of pyridine rings is 1. The molecule has 5 heteroatoms. The molecule has 0 bridgehead atoms. The molecule has 0 fully saturated rings. The van der Waals surface area contributed by atoms with Gasteiger partial charge in [-0.25, -0.2) is 9.37 Å². The summed E-state index contributed by atoms with van der Waals surface area (Å²) < 4.78 is 26.2. The molecule has 0 aliphatic carbocycles. The SMILES string of the molecule is CC(C)CCN(C)C(=O)c1ccnc(F)c1F. The van der Waals surface area contributed by atoms with Crippen molar-refractivity contribution in [2.24, 2.45) is 5.92 Å². The summed E-state index contributed by atoms with van der Waals surface area (Å²) in [6, 6.07) is 1.19. The molecule has 0 aliphatic rings. The van der Waals surface area contributed by atoms with Crippen LogP contribution in [0, 0.1) is 17.7 Å². The van der Waals surface area contributed by atoms with Gasteiger partial charge in [0.15, 0.2) is 5.82 Å². The highest BCUT2D eigenvalue weighted by Gasteiger charge is 2.19. The molecule has 0 saturated carbocycles. The highest BCUT2D eigenvalue weighted by atomic mass is 19.2. The fourth-order valence-electron chi connectivity index (χ4n) is 1.34. The summed E-state index contributed by atoms with van der Waals surface area (Å²) in [6.07, 6.45) is 1.90. The van der Waals surface area contributed by atoms with Crippen LogP contribution >= 0.6 is 0 Å². The molecule has 1 heterocycles. The molecule has 3 nitrogen and oxygen atoms in total. The van der Waals surface area contributed by atoms with Gasteiger partial charge >= 0.3 is 0 Å². The Balaban J connectivity index is 2.78. The maximum Gasteiger partial charge on any atom is 0.256 e. The van der Waals surface area contributed by atoms with E-state index >= 15 is 0 Å². The summed E-state index contributed by atoms with van der Waals surface area (Å²) in [7, 11) is 1.57. The zero-order valence-electron chi connectivity index (χ0n) is 10.2. The number of amides is 1. The number of rotatable bonds is 4. The summed E-state index contributed by atoms with van der Waals surface area (Å²) in [5, 5.41) is 0. The molecule has 0 aromatic carbocycles. The lowest BCUT2D eigenvalue weighted by Gasteiger charge is -2.18. The number of hydrogen-bond acceptors (Lipinski definition) is 2. The molecule has 0 spiro atoms. The van der Waals surface area contributed by atoms with Crippen molar-refractivity contribution in [2.45, 2.75) is 20.3 Å². The van der Waals surface area contributed by atoms with Gasteiger partial charge in [-0.2, -0.15) is 4.39 Å². The van der Waals surface area contributed by atoms with Gasteiger partial charge in [0, 0.05) is 19.8 Å². The summed E-state index contributed by atoms with van der Waals surface area (Å²) in [5.41, 5.74) is -0.274. The molecule has 94 valence electrons. The van der Waals surface area contributed by atoms with Crippen LogP contribution in [0.1, 0.15) is 30.6 Å². The molecule has 1 aromatic heterocycles. The van der Waals surface area contributed by atoms with E-state index in [9.17, 15) is 13.6 Å². The van der Waals surface area contributed by atoms with Crippen molar-refractivity contribution in [1.82, 2.24) is 9.88 Å². The lowest BCUT2D eigenvalue weighted by molar-refractivity contribution is 0.0783. The molecule has 1 amide bonds. The third-order valence-electron chi connectivity index (χ3n) is 2.47. The van der Waals surface area contributed by atoms with Gasteiger partial charge < -0.3 is 4.90 Å². The van der Waals surface area contributed by atoms with Gasteiger partial charge in [0.25, 0.3) is 5.91 Å². The van der Waals surface area contributed by atoms with Crippen LogP contribution in [0.2, 0.25) is 0 Å². The first-order chi connectivity index (χ1) is 7.93. The molecule has 1 rings (SSSR count). The van der Waals surface area contributed by atoms with Crippen LogP contribution < -0.4 is 0 Å². The van der Waals surface area contributed by atoms with Crippen molar-refractivity contribution in [2.75, 3.05) is 13.6 Å². The van der Waals surface area contributed by atoms with E-state index in [1.165, 1.54) is 11.0 Å². The fraction of sp³-hybridized carbons (Fsp3) is 0.500. The molecular formula is C12H16F2N2O. The minimum Gasteiger partial charge on any atom is -0.342 e. The zero-order chi connectivity index (χ0) is 13.0. The monoisotopic (exact) mass is 242 g/mol. The lowest BCUT2D eigenvalue weighted by Crippen LogP contribution is -2.29. The second-order valence-electron chi connectivity index (χ2n) is 4.37. The third-order valence-corrected chi connectivity index (χ3v) is 2.47. The topological polar surface area (TPSA) is 33.2 Å². The van der Waals surface area contributed by atoms with Crippen LogP contribution in [0.15, 0.2) is 12.3 Å². The second-order valence-corrected chi connectivity index (χ2v) is 4.37. The van der Waals surface area contributed by atoms with Crippen molar-refractivity contribution >= 4 is 5.91 Å². The Morgan fingerprint density at radius 2 is 2.12 bits per heavy atom. The molecule has 0 aliphatic heterocycles. The van der Waals surface area contributed by atoms with E-state index in [-0.39, 0.29) is 5.56 Å². The first-order valence-corrected chi connectivity index (χ1v) is 5.49. The Kier molecular flexibility index (Phi) is 4.54. The van der Waals surface area contributed by atoms with Crippen LogP contribution in [0.3, 0.4) is 0 Å². The van der Waals surface area contributed by atoms with Gasteiger partial charge in [-0.1, -0.05) is 13.8 Å². The summed E-state index contributed by atoms with van der Waals surface area (Å²) in [6.45, 7) is 4.58. The predicted octanol–water partition coefficient (Wildman–Crippen LogP) is 2.48. The van der Waals surface area contributed by atoms with Gasteiger partial charge in [0.1, 0.15) is 0 Å². The second kappa shape index (κ2) is 5.70. The van der Waals surface area contributed by atoms with E-state index in [0.29, 0.717) is 12.5 Å². The van der Waals surface area contributed by atoms with Crippen molar-refractivity contribution in [3.05, 3.63) is 29.6 Å². The van der Waals surface area contributed by atoms with E-state index in [1.807, 2.05) is 13.8 Å². The Hall–Kier alpha value is -1.52. The molecule has 0 N–H and O–H groups in total. The normalized spacial score (nSPS) is 10.7. The number of hydrogen-bond donors (Lipinski definition) is 0. The Labute approximate surface area is 99.5 Å². The van der Waals surface area contributed by atoms with Crippen molar-refractivity contribution in [3.8, 4) is 0 Å². The Bertz CT molecular complexity index is 407. The van der Waals surface area contributed by atoms with E-state index < -0.39 is 17.7 Å². The number of aromatic nitrogens is 1. The van der Waals surface area contributed by atoms with Crippen LogP contribution in [-0.4, -0.2) is 29.4 Å². The Morgan fingerprint density at radius 3 is 2.71 bits per heavy atom. The minimum atomic E-state index is -1.24. The van der Waals surface area contributed by atoms with Gasteiger partial charge in [-0.05, 0) is 18.4 Å². The molecule has 17 heavy (non-hydrogen) atoms. The van der Waals surface area contributed by atoms with Crippen molar-refractivity contribution < 1.29 is 13.6 Å². The molecule has 0 radical (unpaired) electrons. The number of carbonyl (C=O) groups excluding carboxylic acids is 1. The van der Waals surface area contributed by atoms with E-state index in [0.717, 1.165) is 12.6 Å². The molecule has 0 saturated heterocycles. The number of nitrogens with zero attached hydrogens (tertiary/aromatic N) is 2. The van der Waals surface area contributed by atoms with Crippen molar-refractivity contribution in [3.63, 3.8) is 0 Å². The standard InChI is InChI=1S/C12H16F2N2O/c1-8(2)5-7-16(3)12(17)9-4-6-15-11(14)10(9)13/h4,6,8H,5,7H2,1-3H3. The average Bonchev–Trinajstić information content (AvgIpc) is 2.28. The van der Waals surface area contributed by atoms with Crippen molar-refractivity contribution in [1.29, 1.82) is 0 Å². The fourth-order valence-corrected chi connectivity index (χ4v) is 1.34. The highest BCUT2D eigenvalue weighted by Crippen LogP contribution is 2.12. The maximum atomic E-state index is 13.3. The van der Waals surface area contributed by atoms with Crippen LogP contribution in [0.4, 0.5) is 8.78 Å². The van der Waals surface area contributed by atoms with E-state index in [1.54, 1.807) is 7.05 Å². The number of halogens is 2. The molecule has 0 atom stereocenters. The van der Waals surface area contributed by atoms with Gasteiger partial charge in [0.05, 0.1) is 5.56 Å². The highest BCUT2D eigenvalue weighted by molar-refractivity contribution is 5.94. The zero-order valence-corrected chi connectivity index (χ0v) is 10.2. The summed E-state index contributed by atoms with van der Waals surface area (Å²) in [5.74, 6) is -2.50. The Morgan fingerprint density at radius 1 is 1.47 bits per heavy atom. The predicted molar refractivity (Wildman–Crippen MR) is 60.6 cm³/mol. The minimum absolute atomic E-state index is 0.274.